The second kappa shape index (κ2) is 6.46. The third-order valence-electron chi connectivity index (χ3n) is 3.26. The number of anilines is 1. The molecule has 8 heteroatoms. The number of imide groups is 1. The van der Waals surface area contributed by atoms with Gasteiger partial charge in [-0.2, -0.15) is 0 Å². The number of hydrogen-bond acceptors (Lipinski definition) is 5. The molecule has 120 valence electrons. The van der Waals surface area contributed by atoms with Crippen LogP contribution in [0.5, 0.6) is 0 Å². The fourth-order valence-corrected chi connectivity index (χ4v) is 3.13. The summed E-state index contributed by atoms with van der Waals surface area (Å²) in [6.45, 7) is 0. The summed E-state index contributed by atoms with van der Waals surface area (Å²) in [7, 11) is 0. The molecule has 1 heterocycles. The molecule has 0 spiro atoms. The van der Waals surface area contributed by atoms with Crippen molar-refractivity contribution in [1.29, 1.82) is 0 Å². The van der Waals surface area contributed by atoms with Crippen LogP contribution in [0.3, 0.4) is 0 Å². The Balaban J connectivity index is 1.92. The highest BCUT2D eigenvalue weighted by atomic mass is 35.5. The van der Waals surface area contributed by atoms with Gasteiger partial charge in [0.05, 0.1) is 15.5 Å². The highest BCUT2D eigenvalue weighted by molar-refractivity contribution is 8.19. The number of nitro benzene ring substituents is 1. The Labute approximate surface area is 145 Å². The molecular formula is C16H9ClN2O4S. The van der Waals surface area contributed by atoms with E-state index >= 15 is 0 Å². The molecule has 2 aromatic rings. The van der Waals surface area contributed by atoms with Gasteiger partial charge in [-0.15, -0.1) is 0 Å². The van der Waals surface area contributed by atoms with Crippen molar-refractivity contribution in [3.05, 3.63) is 74.1 Å². The number of amides is 2. The Bertz CT molecular complexity index is 880. The van der Waals surface area contributed by atoms with Gasteiger partial charge in [-0.25, -0.2) is 4.90 Å². The number of halogens is 1. The second-order valence-corrected chi connectivity index (χ2v) is 6.28. The number of carbonyl (C=O) groups excluding carboxylic acids is 2. The number of hydrogen-bond donors (Lipinski definition) is 0. The zero-order valence-electron chi connectivity index (χ0n) is 12.0. The lowest BCUT2D eigenvalue weighted by Crippen LogP contribution is -2.27. The fraction of sp³-hybridized carbons (Fsp3) is 0. The lowest BCUT2D eigenvalue weighted by Gasteiger charge is -2.12. The first kappa shape index (κ1) is 16.2. The lowest BCUT2D eigenvalue weighted by atomic mass is 10.2. The van der Waals surface area contributed by atoms with Crippen LogP contribution < -0.4 is 4.90 Å². The van der Waals surface area contributed by atoms with Crippen molar-refractivity contribution >= 4 is 52.0 Å². The maximum atomic E-state index is 12.5. The van der Waals surface area contributed by atoms with E-state index in [9.17, 15) is 19.7 Å². The van der Waals surface area contributed by atoms with E-state index in [-0.39, 0.29) is 10.6 Å². The van der Waals surface area contributed by atoms with Gasteiger partial charge >= 0.3 is 0 Å². The Kier molecular flexibility index (Phi) is 4.37. The van der Waals surface area contributed by atoms with Crippen molar-refractivity contribution in [2.75, 3.05) is 4.90 Å². The Morgan fingerprint density at radius 2 is 1.83 bits per heavy atom. The quantitative estimate of drug-likeness (QED) is 0.457. The van der Waals surface area contributed by atoms with Crippen molar-refractivity contribution in [1.82, 2.24) is 0 Å². The Morgan fingerprint density at radius 3 is 2.50 bits per heavy atom. The van der Waals surface area contributed by atoms with Crippen molar-refractivity contribution < 1.29 is 14.5 Å². The van der Waals surface area contributed by atoms with E-state index in [1.54, 1.807) is 30.3 Å². The minimum absolute atomic E-state index is 0.0827. The Hall–Kier alpha value is -2.64. The minimum atomic E-state index is -0.517. The SMILES string of the molecule is O=C1S/C(=C\c2cccc([N+](=O)[O-])c2)C(=O)N1c1ccc(Cl)cc1. The van der Waals surface area contributed by atoms with Crippen LogP contribution in [0.2, 0.25) is 5.02 Å². The van der Waals surface area contributed by atoms with Gasteiger partial charge in [0.25, 0.3) is 16.8 Å². The van der Waals surface area contributed by atoms with Crippen LogP contribution in [0.25, 0.3) is 6.08 Å². The summed E-state index contributed by atoms with van der Waals surface area (Å²) in [5.41, 5.74) is 0.816. The normalized spacial score (nSPS) is 16.0. The van der Waals surface area contributed by atoms with Gasteiger partial charge in [0.1, 0.15) is 0 Å². The van der Waals surface area contributed by atoms with E-state index in [1.165, 1.54) is 24.3 Å². The summed E-state index contributed by atoms with van der Waals surface area (Å²) in [4.78, 5) is 36.1. The maximum Gasteiger partial charge on any atom is 0.298 e. The molecule has 1 aliphatic rings. The van der Waals surface area contributed by atoms with E-state index in [4.69, 9.17) is 11.6 Å². The summed E-state index contributed by atoms with van der Waals surface area (Å²) in [6, 6.07) is 12.2. The van der Waals surface area contributed by atoms with E-state index in [1.807, 2.05) is 0 Å². The largest absolute Gasteiger partial charge is 0.298 e. The topological polar surface area (TPSA) is 80.5 Å². The van der Waals surface area contributed by atoms with Crippen molar-refractivity contribution in [3.63, 3.8) is 0 Å². The van der Waals surface area contributed by atoms with Crippen LogP contribution in [0.15, 0.2) is 53.4 Å². The van der Waals surface area contributed by atoms with Gasteiger partial charge in [-0.05, 0) is 47.7 Å². The highest BCUT2D eigenvalue weighted by Crippen LogP contribution is 2.36. The summed E-state index contributed by atoms with van der Waals surface area (Å²) in [5.74, 6) is -0.473. The number of rotatable bonds is 3. The van der Waals surface area contributed by atoms with Crippen molar-refractivity contribution in [2.24, 2.45) is 0 Å². The molecule has 0 saturated carbocycles. The number of nitro groups is 1. The molecule has 0 aliphatic carbocycles. The number of non-ortho nitro benzene ring substituents is 1. The predicted molar refractivity (Wildman–Crippen MR) is 93.0 cm³/mol. The standard InChI is InChI=1S/C16H9ClN2O4S/c17-11-4-6-12(7-5-11)18-15(20)14(24-16(18)21)9-10-2-1-3-13(8-10)19(22)23/h1-9H/b14-9-. The van der Waals surface area contributed by atoms with Crippen LogP contribution in [-0.2, 0) is 4.79 Å². The fourth-order valence-electron chi connectivity index (χ4n) is 2.16. The van der Waals surface area contributed by atoms with Gasteiger partial charge in [-0.3, -0.25) is 19.7 Å². The molecule has 0 bridgehead atoms. The molecule has 3 rings (SSSR count). The molecule has 2 amide bonds. The molecule has 0 aromatic heterocycles. The number of benzene rings is 2. The van der Waals surface area contributed by atoms with Crippen LogP contribution in [0, 0.1) is 10.1 Å². The van der Waals surface area contributed by atoms with Crippen LogP contribution >= 0.6 is 23.4 Å². The average Bonchev–Trinajstić information content (AvgIpc) is 2.83. The maximum absolute atomic E-state index is 12.5. The molecule has 0 N–H and O–H groups in total. The Morgan fingerprint density at radius 1 is 1.12 bits per heavy atom. The molecule has 1 fully saturated rings. The molecule has 6 nitrogen and oxygen atoms in total. The molecule has 1 aliphatic heterocycles. The molecular weight excluding hydrogens is 352 g/mol. The van der Waals surface area contributed by atoms with Gasteiger partial charge in [-0.1, -0.05) is 23.7 Å². The molecule has 2 aromatic carbocycles. The van der Waals surface area contributed by atoms with Crippen molar-refractivity contribution in [3.8, 4) is 0 Å². The summed E-state index contributed by atoms with van der Waals surface area (Å²) >= 11 is 6.59. The summed E-state index contributed by atoms with van der Waals surface area (Å²) < 4.78 is 0. The third kappa shape index (κ3) is 3.17. The highest BCUT2D eigenvalue weighted by Gasteiger charge is 2.36. The smallest absolute Gasteiger partial charge is 0.268 e. The molecule has 1 saturated heterocycles. The zero-order valence-corrected chi connectivity index (χ0v) is 13.6. The lowest BCUT2D eigenvalue weighted by molar-refractivity contribution is -0.384. The average molecular weight is 361 g/mol. The predicted octanol–water partition coefficient (Wildman–Crippen LogP) is 4.49. The van der Waals surface area contributed by atoms with E-state index in [0.29, 0.717) is 16.3 Å². The summed E-state index contributed by atoms with van der Waals surface area (Å²) in [6.07, 6.45) is 1.47. The van der Waals surface area contributed by atoms with Gasteiger partial charge in [0, 0.05) is 17.2 Å². The minimum Gasteiger partial charge on any atom is -0.268 e. The van der Waals surface area contributed by atoms with Gasteiger partial charge in [0.15, 0.2) is 0 Å². The first-order valence-electron chi connectivity index (χ1n) is 6.74. The van der Waals surface area contributed by atoms with Crippen molar-refractivity contribution in [2.45, 2.75) is 0 Å². The van der Waals surface area contributed by atoms with E-state index < -0.39 is 16.1 Å². The van der Waals surface area contributed by atoms with Gasteiger partial charge < -0.3 is 0 Å². The number of nitrogens with zero attached hydrogens (tertiary/aromatic N) is 2. The van der Waals surface area contributed by atoms with Crippen LogP contribution in [0.1, 0.15) is 5.56 Å². The van der Waals surface area contributed by atoms with Crippen LogP contribution in [0.4, 0.5) is 16.2 Å². The number of thioether (sulfide) groups is 1. The van der Waals surface area contributed by atoms with Crippen LogP contribution in [-0.4, -0.2) is 16.1 Å². The van der Waals surface area contributed by atoms with E-state index in [2.05, 4.69) is 0 Å². The first-order chi connectivity index (χ1) is 11.5. The van der Waals surface area contributed by atoms with E-state index in [0.717, 1.165) is 16.7 Å². The number of carbonyl (C=O) groups is 2. The molecule has 0 radical (unpaired) electrons. The van der Waals surface area contributed by atoms with Gasteiger partial charge in [0.2, 0.25) is 0 Å². The second-order valence-electron chi connectivity index (χ2n) is 4.85. The summed E-state index contributed by atoms with van der Waals surface area (Å²) in [5, 5.41) is 10.9. The molecule has 0 unspecified atom stereocenters. The monoisotopic (exact) mass is 360 g/mol. The molecule has 24 heavy (non-hydrogen) atoms. The zero-order chi connectivity index (χ0) is 17.3. The molecule has 0 atom stereocenters. The first-order valence-corrected chi connectivity index (χ1v) is 7.93. The third-order valence-corrected chi connectivity index (χ3v) is 4.38.